The van der Waals surface area contributed by atoms with Crippen LogP contribution in [0.2, 0.25) is 0 Å². The summed E-state index contributed by atoms with van der Waals surface area (Å²) in [6.45, 7) is 2.84. The molecule has 1 atom stereocenters. The number of benzene rings is 1. The first-order valence-electron chi connectivity index (χ1n) is 9.57. The number of fused-ring (bicyclic) bond motifs is 1. The van der Waals surface area contributed by atoms with Gasteiger partial charge >= 0.3 is 5.97 Å². The number of nitrogens with zero attached hydrogens (tertiary/aromatic N) is 3. The number of carboxylic acids is 1. The minimum absolute atomic E-state index is 0.0249. The number of aliphatic carboxylic acids is 1. The van der Waals surface area contributed by atoms with Gasteiger partial charge in [-0.1, -0.05) is 25.1 Å². The number of nitrogen functional groups attached to an aromatic ring is 1. The Balaban J connectivity index is 1.74. The van der Waals surface area contributed by atoms with Crippen LogP contribution in [0, 0.1) is 11.3 Å². The number of nitrogens with two attached hydrogens (primary N) is 1. The van der Waals surface area contributed by atoms with Gasteiger partial charge in [0.25, 0.3) is 11.8 Å². The van der Waals surface area contributed by atoms with Gasteiger partial charge in [-0.2, -0.15) is 5.10 Å². The second-order valence-corrected chi connectivity index (χ2v) is 7.28. The van der Waals surface area contributed by atoms with E-state index < -0.39 is 17.8 Å². The lowest BCUT2D eigenvalue weighted by molar-refractivity contribution is -0.140. The molecule has 30 heavy (non-hydrogen) atoms. The lowest BCUT2D eigenvalue weighted by atomic mass is 10.1. The Morgan fingerprint density at radius 3 is 2.80 bits per heavy atom. The van der Waals surface area contributed by atoms with Crippen molar-refractivity contribution in [2.24, 2.45) is 11.7 Å². The minimum atomic E-state index is -1.00. The highest BCUT2D eigenvalue weighted by molar-refractivity contribution is 5.98. The Morgan fingerprint density at radius 2 is 2.10 bits per heavy atom. The van der Waals surface area contributed by atoms with Gasteiger partial charge in [0.2, 0.25) is 0 Å². The summed E-state index contributed by atoms with van der Waals surface area (Å²) in [5.41, 5.74) is 7.38. The highest BCUT2D eigenvalue weighted by atomic mass is 16.4. The number of carboxylic acid groups (broad SMARTS) is 1. The van der Waals surface area contributed by atoms with Gasteiger partial charge in [0.15, 0.2) is 5.69 Å². The summed E-state index contributed by atoms with van der Waals surface area (Å²) < 4.78 is 1.52. The zero-order valence-electron chi connectivity index (χ0n) is 16.6. The highest BCUT2D eigenvalue weighted by Gasteiger charge is 2.26. The van der Waals surface area contributed by atoms with Crippen molar-refractivity contribution in [1.82, 2.24) is 20.0 Å². The molecule has 0 bridgehead atoms. The molecular weight excluding hydrogens is 388 g/mol. The van der Waals surface area contributed by atoms with E-state index >= 15 is 0 Å². The zero-order valence-corrected chi connectivity index (χ0v) is 16.6. The summed E-state index contributed by atoms with van der Waals surface area (Å²) >= 11 is 0. The van der Waals surface area contributed by atoms with Crippen LogP contribution in [0.4, 0.5) is 0 Å². The SMILES string of the molecule is C[C@@H](CNC(=O)c1cc2n(n1)CCCN(Cc1cccc(C(=N)N)c1)C2=O)C(=O)O. The van der Waals surface area contributed by atoms with Crippen molar-refractivity contribution >= 4 is 23.6 Å². The number of hydrogen-bond acceptors (Lipinski definition) is 5. The lowest BCUT2D eigenvalue weighted by Crippen LogP contribution is -2.32. The van der Waals surface area contributed by atoms with E-state index in [9.17, 15) is 14.4 Å². The molecule has 0 unspecified atom stereocenters. The average molecular weight is 412 g/mol. The van der Waals surface area contributed by atoms with Crippen LogP contribution in [-0.2, 0) is 17.9 Å². The second-order valence-electron chi connectivity index (χ2n) is 7.28. The van der Waals surface area contributed by atoms with E-state index in [1.165, 1.54) is 17.7 Å². The van der Waals surface area contributed by atoms with E-state index in [0.717, 1.165) is 5.56 Å². The molecule has 3 rings (SSSR count). The number of hydrogen-bond donors (Lipinski definition) is 4. The molecule has 10 heteroatoms. The van der Waals surface area contributed by atoms with Crippen LogP contribution < -0.4 is 11.1 Å². The number of aryl methyl sites for hydroxylation is 1. The third kappa shape index (κ3) is 4.65. The topological polar surface area (TPSA) is 154 Å². The van der Waals surface area contributed by atoms with Crippen LogP contribution in [0.25, 0.3) is 0 Å². The summed E-state index contributed by atoms with van der Waals surface area (Å²) in [4.78, 5) is 37.9. The van der Waals surface area contributed by atoms with E-state index in [4.69, 9.17) is 16.2 Å². The van der Waals surface area contributed by atoms with Crippen LogP contribution in [-0.4, -0.2) is 56.5 Å². The number of carbonyl (C=O) groups is 3. The summed E-state index contributed by atoms with van der Waals surface area (Å²) in [6, 6.07) is 8.61. The van der Waals surface area contributed by atoms with Crippen LogP contribution in [0.3, 0.4) is 0 Å². The standard InChI is InChI=1S/C20H24N6O4/c1-12(20(29)30)10-23-18(27)15-9-16-19(28)25(6-3-7-26(16)24-15)11-13-4-2-5-14(8-13)17(21)22/h2,4-5,8-9,12H,3,6-7,10-11H2,1H3,(H3,21,22)(H,23,27)(H,29,30)/t12-/m0/s1. The molecule has 10 nitrogen and oxygen atoms in total. The Bertz CT molecular complexity index is 999. The molecule has 0 saturated carbocycles. The molecule has 1 aromatic carbocycles. The maximum atomic E-state index is 13.0. The normalized spacial score (nSPS) is 14.6. The third-order valence-corrected chi connectivity index (χ3v) is 4.92. The summed E-state index contributed by atoms with van der Waals surface area (Å²) in [7, 11) is 0. The van der Waals surface area contributed by atoms with Crippen molar-refractivity contribution in [1.29, 1.82) is 5.41 Å². The predicted octanol–water partition coefficient (Wildman–Crippen LogP) is 0.664. The zero-order chi connectivity index (χ0) is 21.8. The molecule has 0 spiro atoms. The molecule has 0 aliphatic carbocycles. The summed E-state index contributed by atoms with van der Waals surface area (Å²) in [6.07, 6.45) is 0.671. The largest absolute Gasteiger partial charge is 0.481 e. The van der Waals surface area contributed by atoms with E-state index in [2.05, 4.69) is 10.4 Å². The predicted molar refractivity (Wildman–Crippen MR) is 108 cm³/mol. The van der Waals surface area contributed by atoms with Gasteiger partial charge in [-0.3, -0.25) is 24.5 Å². The molecule has 1 aromatic heterocycles. The molecule has 0 saturated heterocycles. The number of aromatic nitrogens is 2. The average Bonchev–Trinajstić information content (AvgIpc) is 3.09. The molecule has 2 aromatic rings. The van der Waals surface area contributed by atoms with Gasteiger partial charge in [-0.05, 0) is 18.1 Å². The first kappa shape index (κ1) is 21.0. The molecule has 5 N–H and O–H groups in total. The van der Waals surface area contributed by atoms with Gasteiger partial charge in [0, 0.05) is 37.8 Å². The third-order valence-electron chi connectivity index (χ3n) is 4.92. The number of amides is 2. The fourth-order valence-corrected chi connectivity index (χ4v) is 3.18. The number of carbonyl (C=O) groups excluding carboxylic acids is 2. The quantitative estimate of drug-likeness (QED) is 0.387. The Morgan fingerprint density at radius 1 is 1.33 bits per heavy atom. The number of amidine groups is 1. The van der Waals surface area contributed by atoms with Crippen LogP contribution in [0.5, 0.6) is 0 Å². The van der Waals surface area contributed by atoms with E-state index in [0.29, 0.717) is 37.3 Å². The van der Waals surface area contributed by atoms with E-state index in [-0.39, 0.29) is 24.0 Å². The number of rotatable bonds is 7. The molecule has 1 aliphatic rings. The summed E-state index contributed by atoms with van der Waals surface area (Å²) in [5, 5.41) is 23.2. The molecular formula is C20H24N6O4. The molecule has 0 radical (unpaired) electrons. The van der Waals surface area contributed by atoms with Crippen molar-refractivity contribution in [3.05, 3.63) is 52.8 Å². The van der Waals surface area contributed by atoms with Gasteiger partial charge in [-0.25, -0.2) is 0 Å². The van der Waals surface area contributed by atoms with Crippen LogP contribution >= 0.6 is 0 Å². The Hall–Kier alpha value is -3.69. The highest BCUT2D eigenvalue weighted by Crippen LogP contribution is 2.17. The molecule has 2 heterocycles. The maximum absolute atomic E-state index is 13.0. The molecule has 158 valence electrons. The second kappa shape index (κ2) is 8.76. The van der Waals surface area contributed by atoms with Gasteiger partial charge in [0.1, 0.15) is 11.5 Å². The van der Waals surface area contributed by atoms with E-state index in [1.807, 2.05) is 6.07 Å². The fourth-order valence-electron chi connectivity index (χ4n) is 3.18. The first-order chi connectivity index (χ1) is 14.3. The molecule has 2 amide bonds. The molecule has 0 fully saturated rings. The Labute approximate surface area is 173 Å². The van der Waals surface area contributed by atoms with Crippen LogP contribution in [0.15, 0.2) is 30.3 Å². The van der Waals surface area contributed by atoms with Crippen molar-refractivity contribution in [2.75, 3.05) is 13.1 Å². The van der Waals surface area contributed by atoms with Gasteiger partial charge in [0.05, 0.1) is 5.92 Å². The van der Waals surface area contributed by atoms with Gasteiger partial charge < -0.3 is 21.1 Å². The minimum Gasteiger partial charge on any atom is -0.481 e. The monoisotopic (exact) mass is 412 g/mol. The smallest absolute Gasteiger partial charge is 0.308 e. The van der Waals surface area contributed by atoms with Crippen molar-refractivity contribution in [3.63, 3.8) is 0 Å². The molecule has 1 aliphatic heterocycles. The Kier molecular flexibility index (Phi) is 6.14. The van der Waals surface area contributed by atoms with E-state index in [1.54, 1.807) is 23.1 Å². The summed E-state index contributed by atoms with van der Waals surface area (Å²) in [5.74, 6) is -2.53. The first-order valence-corrected chi connectivity index (χ1v) is 9.57. The van der Waals surface area contributed by atoms with Crippen LogP contribution in [0.1, 0.15) is 45.4 Å². The van der Waals surface area contributed by atoms with Crippen molar-refractivity contribution in [2.45, 2.75) is 26.4 Å². The van der Waals surface area contributed by atoms with Crippen molar-refractivity contribution < 1.29 is 19.5 Å². The van der Waals surface area contributed by atoms with Crippen molar-refractivity contribution in [3.8, 4) is 0 Å². The van der Waals surface area contributed by atoms with Gasteiger partial charge in [-0.15, -0.1) is 0 Å². The number of nitrogens with one attached hydrogen (secondary N) is 2. The maximum Gasteiger partial charge on any atom is 0.308 e. The fraction of sp³-hybridized carbons (Fsp3) is 0.350. The lowest BCUT2D eigenvalue weighted by Gasteiger charge is -2.20.